The molecular formula is C20H25N3O5S. The van der Waals surface area contributed by atoms with Gasteiger partial charge in [-0.15, -0.1) is 0 Å². The van der Waals surface area contributed by atoms with E-state index in [1.165, 1.54) is 22.5 Å². The molecule has 1 aromatic rings. The number of hydrogen-bond acceptors (Lipinski definition) is 5. The van der Waals surface area contributed by atoms with Crippen LogP contribution < -0.4 is 10.6 Å². The van der Waals surface area contributed by atoms with Gasteiger partial charge in [-0.2, -0.15) is 4.31 Å². The maximum Gasteiger partial charge on any atom is 0.245 e. The van der Waals surface area contributed by atoms with Crippen LogP contribution in [0.15, 0.2) is 41.8 Å². The van der Waals surface area contributed by atoms with Gasteiger partial charge >= 0.3 is 0 Å². The van der Waals surface area contributed by atoms with Crippen LogP contribution in [0.1, 0.15) is 25.7 Å². The third-order valence-corrected chi connectivity index (χ3v) is 7.59. The minimum absolute atomic E-state index is 0.0147. The van der Waals surface area contributed by atoms with Gasteiger partial charge < -0.3 is 15.4 Å². The molecule has 29 heavy (non-hydrogen) atoms. The predicted molar refractivity (Wildman–Crippen MR) is 106 cm³/mol. The molecule has 0 bridgehead atoms. The summed E-state index contributed by atoms with van der Waals surface area (Å²) in [7, 11) is -3.66. The minimum Gasteiger partial charge on any atom is -0.354 e. The van der Waals surface area contributed by atoms with Gasteiger partial charge in [0.1, 0.15) is 6.23 Å². The lowest BCUT2D eigenvalue weighted by Gasteiger charge is -2.33. The number of anilines is 1. The van der Waals surface area contributed by atoms with Gasteiger partial charge in [0.2, 0.25) is 21.8 Å². The van der Waals surface area contributed by atoms with Gasteiger partial charge in [0.05, 0.1) is 11.0 Å². The van der Waals surface area contributed by atoms with Crippen molar-refractivity contribution < 1.29 is 22.7 Å². The summed E-state index contributed by atoms with van der Waals surface area (Å²) in [6.07, 6.45) is 3.72. The van der Waals surface area contributed by atoms with Crippen molar-refractivity contribution in [1.82, 2.24) is 9.62 Å². The van der Waals surface area contributed by atoms with E-state index in [4.69, 9.17) is 4.74 Å². The Morgan fingerprint density at radius 2 is 1.90 bits per heavy atom. The number of fused-ring (bicyclic) bond motifs is 1. The third kappa shape index (κ3) is 4.36. The monoisotopic (exact) mass is 419 g/mol. The van der Waals surface area contributed by atoms with Crippen molar-refractivity contribution in [3.8, 4) is 0 Å². The lowest BCUT2D eigenvalue weighted by atomic mass is 9.94. The molecule has 2 amide bonds. The molecule has 1 aromatic carbocycles. The molecule has 9 heteroatoms. The molecule has 1 saturated carbocycles. The highest BCUT2D eigenvalue weighted by Gasteiger charge is 2.42. The number of ether oxygens (including phenoxy) is 1. The average Bonchev–Trinajstić information content (AvgIpc) is 3.48. The van der Waals surface area contributed by atoms with Gasteiger partial charge in [-0.3, -0.25) is 9.59 Å². The van der Waals surface area contributed by atoms with Gasteiger partial charge in [0.15, 0.2) is 0 Å². The molecule has 3 atom stereocenters. The zero-order valence-corrected chi connectivity index (χ0v) is 16.9. The second kappa shape index (κ2) is 7.89. The van der Waals surface area contributed by atoms with E-state index in [0.29, 0.717) is 25.1 Å². The van der Waals surface area contributed by atoms with Gasteiger partial charge in [0, 0.05) is 24.7 Å². The second-order valence-corrected chi connectivity index (χ2v) is 9.75. The molecule has 2 N–H and O–H groups in total. The third-order valence-electron chi connectivity index (χ3n) is 5.71. The van der Waals surface area contributed by atoms with Crippen LogP contribution in [0.25, 0.3) is 0 Å². The van der Waals surface area contributed by atoms with Crippen LogP contribution >= 0.6 is 0 Å². The Kier molecular flexibility index (Phi) is 5.46. The molecule has 1 aliphatic carbocycles. The summed E-state index contributed by atoms with van der Waals surface area (Å²) in [6, 6.07) is 6.28. The van der Waals surface area contributed by atoms with E-state index in [9.17, 15) is 18.0 Å². The van der Waals surface area contributed by atoms with Crippen LogP contribution in [-0.4, -0.2) is 50.0 Å². The van der Waals surface area contributed by atoms with Crippen molar-refractivity contribution in [2.45, 2.75) is 42.9 Å². The summed E-state index contributed by atoms with van der Waals surface area (Å²) in [5.74, 6) is -0.00562. The van der Waals surface area contributed by atoms with Crippen LogP contribution in [0.4, 0.5) is 5.69 Å². The predicted octanol–water partition coefficient (Wildman–Crippen LogP) is 1.46. The summed E-state index contributed by atoms with van der Waals surface area (Å²) in [6.45, 7) is 4.10. The highest BCUT2D eigenvalue weighted by Crippen LogP contribution is 2.34. The van der Waals surface area contributed by atoms with Crippen LogP contribution in [0.5, 0.6) is 0 Å². The zero-order chi connectivity index (χ0) is 20.6. The highest BCUT2D eigenvalue weighted by atomic mass is 32.2. The molecule has 156 valence electrons. The van der Waals surface area contributed by atoms with Crippen molar-refractivity contribution in [2.24, 2.45) is 11.8 Å². The van der Waals surface area contributed by atoms with E-state index < -0.39 is 16.3 Å². The van der Waals surface area contributed by atoms with E-state index in [-0.39, 0.29) is 41.2 Å². The zero-order valence-electron chi connectivity index (χ0n) is 16.0. The van der Waals surface area contributed by atoms with Crippen LogP contribution in [0.3, 0.4) is 0 Å². The fourth-order valence-corrected chi connectivity index (χ4v) is 5.35. The summed E-state index contributed by atoms with van der Waals surface area (Å²) in [4.78, 5) is 23.5. The average molecular weight is 420 g/mol. The number of carbonyl (C=O) groups is 2. The Balaban J connectivity index is 1.39. The molecule has 0 radical (unpaired) electrons. The lowest BCUT2D eigenvalue weighted by Crippen LogP contribution is -2.45. The van der Waals surface area contributed by atoms with Crippen molar-refractivity contribution in [3.05, 3.63) is 36.9 Å². The molecular weight excluding hydrogens is 394 g/mol. The number of piperidine rings is 1. The maximum absolute atomic E-state index is 13.0. The standard InChI is InChI=1S/C20H25N3O5S/c1-2-18(24)22-19-11-14-9-10-23(12-17(14)28-19)29(26,27)16-7-5-15(6-8-16)21-20(25)13-3-4-13/h2,5-8,13-14,17,19H,1,3-4,9-12H2,(H,21,25)(H,22,24). The number of carbonyl (C=O) groups excluding carboxylic acids is 2. The lowest BCUT2D eigenvalue weighted by molar-refractivity contribution is -0.120. The van der Waals surface area contributed by atoms with E-state index >= 15 is 0 Å². The SMILES string of the molecule is C=CC(=O)NC1CC2CCN(S(=O)(=O)c3ccc(NC(=O)C4CC4)cc3)CC2O1. The van der Waals surface area contributed by atoms with Crippen molar-refractivity contribution in [3.63, 3.8) is 0 Å². The highest BCUT2D eigenvalue weighted by molar-refractivity contribution is 7.89. The Labute approximate surface area is 170 Å². The Morgan fingerprint density at radius 3 is 2.55 bits per heavy atom. The van der Waals surface area contributed by atoms with E-state index in [1.807, 2.05) is 0 Å². The number of nitrogens with one attached hydrogen (secondary N) is 2. The molecule has 2 saturated heterocycles. The normalized spacial score (nSPS) is 27.1. The summed E-state index contributed by atoms with van der Waals surface area (Å²) < 4.78 is 33.4. The first-order valence-corrected chi connectivity index (χ1v) is 11.3. The molecule has 2 heterocycles. The van der Waals surface area contributed by atoms with E-state index in [2.05, 4.69) is 17.2 Å². The number of nitrogens with zero attached hydrogens (tertiary/aromatic N) is 1. The van der Waals surface area contributed by atoms with Crippen molar-refractivity contribution in [1.29, 1.82) is 0 Å². The molecule has 3 unspecified atom stereocenters. The number of benzene rings is 1. The Morgan fingerprint density at radius 1 is 1.17 bits per heavy atom. The van der Waals surface area contributed by atoms with Crippen molar-refractivity contribution in [2.75, 3.05) is 18.4 Å². The van der Waals surface area contributed by atoms with E-state index in [0.717, 1.165) is 12.8 Å². The first-order chi connectivity index (χ1) is 13.9. The molecule has 0 spiro atoms. The van der Waals surface area contributed by atoms with Crippen molar-refractivity contribution >= 4 is 27.5 Å². The topological polar surface area (TPSA) is 105 Å². The molecule has 3 fully saturated rings. The number of amides is 2. The quantitative estimate of drug-likeness (QED) is 0.680. The van der Waals surface area contributed by atoms with E-state index in [1.54, 1.807) is 12.1 Å². The minimum atomic E-state index is -3.66. The largest absolute Gasteiger partial charge is 0.354 e. The smallest absolute Gasteiger partial charge is 0.245 e. The molecule has 2 aliphatic heterocycles. The summed E-state index contributed by atoms with van der Waals surface area (Å²) in [5.41, 5.74) is 0.597. The summed E-state index contributed by atoms with van der Waals surface area (Å²) >= 11 is 0. The fourth-order valence-electron chi connectivity index (χ4n) is 3.88. The van der Waals surface area contributed by atoms with Gasteiger partial charge in [0.25, 0.3) is 0 Å². The molecule has 0 aromatic heterocycles. The fraction of sp³-hybridized carbons (Fsp3) is 0.500. The number of hydrogen-bond donors (Lipinski definition) is 2. The van der Waals surface area contributed by atoms with Gasteiger partial charge in [-0.25, -0.2) is 8.42 Å². The Bertz CT molecular complexity index is 911. The summed E-state index contributed by atoms with van der Waals surface area (Å²) in [5, 5.41) is 5.53. The molecule has 8 nitrogen and oxygen atoms in total. The first-order valence-electron chi connectivity index (χ1n) is 9.86. The number of rotatable bonds is 6. The first kappa shape index (κ1) is 20.1. The van der Waals surface area contributed by atoms with Crippen LogP contribution in [0.2, 0.25) is 0 Å². The number of sulfonamides is 1. The van der Waals surface area contributed by atoms with Crippen LogP contribution in [0, 0.1) is 11.8 Å². The molecule has 4 rings (SSSR count). The second-order valence-electron chi connectivity index (χ2n) is 7.81. The maximum atomic E-state index is 13.0. The van der Waals surface area contributed by atoms with Gasteiger partial charge in [-0.1, -0.05) is 6.58 Å². The molecule has 3 aliphatic rings. The Hall–Kier alpha value is -2.23. The van der Waals surface area contributed by atoms with Gasteiger partial charge in [-0.05, 0) is 61.9 Å². The van der Waals surface area contributed by atoms with Crippen LogP contribution in [-0.2, 0) is 24.3 Å².